The largest absolute Gasteiger partial charge is 0.504 e. The number of nitrogens with zero attached hydrogens (tertiary/aromatic N) is 2. The first-order valence-electron chi connectivity index (χ1n) is 13.7. The van der Waals surface area contributed by atoms with Crippen molar-refractivity contribution >= 4 is 17.7 Å². The van der Waals surface area contributed by atoms with E-state index in [-0.39, 0.29) is 40.2 Å². The molecule has 2 aliphatic heterocycles. The van der Waals surface area contributed by atoms with E-state index in [1.165, 1.54) is 29.3 Å². The van der Waals surface area contributed by atoms with E-state index in [0.29, 0.717) is 23.9 Å². The Kier molecular flexibility index (Phi) is 5.23. The highest BCUT2D eigenvalue weighted by Gasteiger charge is 2.80. The van der Waals surface area contributed by atoms with Gasteiger partial charge in [-0.25, -0.2) is 0 Å². The number of likely N-dealkylation sites (N-methyl/N-ethyl adjacent to an activating group) is 1. The van der Waals surface area contributed by atoms with Crippen LogP contribution in [0.2, 0.25) is 0 Å². The second kappa shape index (κ2) is 8.29. The number of non-ortho nitro benzene ring substituents is 1. The van der Waals surface area contributed by atoms with Crippen LogP contribution >= 0.6 is 0 Å². The summed E-state index contributed by atoms with van der Waals surface area (Å²) in [6.45, 7) is 1.44. The van der Waals surface area contributed by atoms with Gasteiger partial charge >= 0.3 is 0 Å². The number of phenols is 1. The van der Waals surface area contributed by atoms with Gasteiger partial charge in [-0.2, -0.15) is 0 Å². The first kappa shape index (κ1) is 24.6. The first-order chi connectivity index (χ1) is 18.8. The van der Waals surface area contributed by atoms with Gasteiger partial charge in [0.15, 0.2) is 11.5 Å². The lowest BCUT2D eigenvalue weighted by atomic mass is 9.35. The number of nitro groups is 1. The van der Waals surface area contributed by atoms with Gasteiger partial charge < -0.3 is 24.8 Å². The number of carbonyl (C=O) groups excluding carboxylic acids is 1. The molecule has 2 aromatic rings. The molecular weight excluding hydrogens is 498 g/mol. The number of piperidine rings is 1. The van der Waals surface area contributed by atoms with Crippen molar-refractivity contribution in [1.29, 1.82) is 0 Å². The van der Waals surface area contributed by atoms with E-state index >= 15 is 0 Å². The summed E-state index contributed by atoms with van der Waals surface area (Å²) in [6, 6.07) is 10.3. The molecule has 2 N–H and O–H groups in total. The van der Waals surface area contributed by atoms with E-state index in [4.69, 9.17) is 9.47 Å². The summed E-state index contributed by atoms with van der Waals surface area (Å²) in [5, 5.41) is 24.9. The molecule has 9 nitrogen and oxygen atoms in total. The van der Waals surface area contributed by atoms with Crippen molar-refractivity contribution in [3.8, 4) is 11.5 Å². The Morgan fingerprint density at radius 1 is 1.26 bits per heavy atom. The van der Waals surface area contributed by atoms with E-state index < -0.39 is 10.5 Å². The number of rotatable bonds is 6. The van der Waals surface area contributed by atoms with Crippen molar-refractivity contribution in [1.82, 2.24) is 10.2 Å². The highest BCUT2D eigenvalue weighted by Crippen LogP contribution is 2.76. The van der Waals surface area contributed by atoms with Crippen LogP contribution in [-0.4, -0.2) is 65.8 Å². The zero-order valence-electron chi connectivity index (χ0n) is 22.2. The van der Waals surface area contributed by atoms with Crippen molar-refractivity contribution < 1.29 is 24.3 Å². The molecule has 0 radical (unpaired) electrons. The monoisotopic (exact) mass is 531 g/mol. The number of nitro benzene ring substituents is 1. The zero-order valence-corrected chi connectivity index (χ0v) is 22.2. The van der Waals surface area contributed by atoms with Gasteiger partial charge in [0, 0.05) is 60.2 Å². The number of ether oxygens (including phenoxy) is 2. The van der Waals surface area contributed by atoms with E-state index in [2.05, 4.69) is 23.3 Å². The number of fused-ring (bicyclic) bond motifs is 2. The summed E-state index contributed by atoms with van der Waals surface area (Å²) < 4.78 is 13.2. The third-order valence-electron chi connectivity index (χ3n) is 10.8. The zero-order chi connectivity index (χ0) is 27.2. The molecule has 39 heavy (non-hydrogen) atoms. The van der Waals surface area contributed by atoms with Crippen LogP contribution in [0, 0.1) is 21.4 Å². The first-order valence-corrected chi connectivity index (χ1v) is 13.7. The summed E-state index contributed by atoms with van der Waals surface area (Å²) in [6.07, 6.45) is 7.64. The van der Waals surface area contributed by atoms with Gasteiger partial charge in [-0.15, -0.1) is 0 Å². The Bertz CT molecular complexity index is 1410. The number of likely N-dealkylation sites (tertiary alicyclic amines) is 1. The fourth-order valence-electron chi connectivity index (χ4n) is 9.23. The minimum Gasteiger partial charge on any atom is -0.504 e. The van der Waals surface area contributed by atoms with Gasteiger partial charge in [-0.05, 0) is 81.1 Å². The third-order valence-corrected chi connectivity index (χ3v) is 10.8. The second-order valence-corrected chi connectivity index (χ2v) is 12.0. The summed E-state index contributed by atoms with van der Waals surface area (Å²) in [5.74, 6) is 0.684. The molecule has 6 aliphatic rings. The quantitative estimate of drug-likeness (QED) is 0.333. The highest BCUT2D eigenvalue weighted by molar-refractivity contribution is 5.91. The standard InChI is InChI=1S/C30H33N3O6/c1-32-14-13-29-25-19-6-9-22(34)26(25)39-27(29)30(38-2)12-11-28(29,23(32)15-19)16-20(30)17-31-24(35)10-5-18-3-7-21(8-4-18)33(36)37/h3-10,20,23,27,34H,11-17H2,1-2H3,(H,31,35). The predicted molar refractivity (Wildman–Crippen MR) is 144 cm³/mol. The van der Waals surface area contributed by atoms with Crippen molar-refractivity contribution in [3.63, 3.8) is 0 Å². The van der Waals surface area contributed by atoms with Crippen LogP contribution in [0.15, 0.2) is 42.5 Å². The molecule has 6 unspecified atom stereocenters. The smallest absolute Gasteiger partial charge is 0.269 e. The summed E-state index contributed by atoms with van der Waals surface area (Å²) >= 11 is 0. The Morgan fingerprint density at radius 3 is 2.79 bits per heavy atom. The number of phenolic OH excluding ortho intramolecular Hbond substituents is 1. The van der Waals surface area contributed by atoms with Crippen LogP contribution in [0.1, 0.15) is 42.4 Å². The van der Waals surface area contributed by atoms with Gasteiger partial charge in [0.1, 0.15) is 11.7 Å². The third kappa shape index (κ3) is 3.05. The second-order valence-electron chi connectivity index (χ2n) is 12.0. The van der Waals surface area contributed by atoms with Crippen molar-refractivity contribution in [2.75, 3.05) is 27.2 Å². The lowest BCUT2D eigenvalue weighted by Crippen LogP contribution is -2.81. The van der Waals surface area contributed by atoms with Gasteiger partial charge in [-0.3, -0.25) is 14.9 Å². The fraction of sp³-hybridized carbons (Fsp3) is 0.500. The van der Waals surface area contributed by atoms with Gasteiger partial charge in [-0.1, -0.05) is 6.07 Å². The van der Waals surface area contributed by atoms with Gasteiger partial charge in [0.2, 0.25) is 5.91 Å². The van der Waals surface area contributed by atoms with Crippen LogP contribution in [0.25, 0.3) is 6.08 Å². The van der Waals surface area contributed by atoms with Crippen molar-refractivity contribution in [2.24, 2.45) is 11.3 Å². The molecule has 4 aliphatic carbocycles. The number of aromatic hydroxyl groups is 1. The lowest BCUT2D eigenvalue weighted by molar-refractivity contribution is -0.384. The minimum atomic E-state index is -0.572. The Hall–Kier alpha value is -3.43. The maximum absolute atomic E-state index is 12.9. The SMILES string of the molecule is COC12CCC3(CC1CNC(=O)C=Cc1ccc([N+](=O)[O-])cc1)C1Cc4ccc(O)c5c4C3(CCN1C)C2O5. The van der Waals surface area contributed by atoms with Crippen LogP contribution in [0.5, 0.6) is 11.5 Å². The number of hydrogen-bond acceptors (Lipinski definition) is 7. The molecule has 2 heterocycles. The molecule has 8 rings (SSSR count). The topological polar surface area (TPSA) is 114 Å². The molecule has 1 amide bonds. The Labute approximate surface area is 226 Å². The highest BCUT2D eigenvalue weighted by atomic mass is 16.6. The van der Waals surface area contributed by atoms with E-state index in [9.17, 15) is 20.0 Å². The summed E-state index contributed by atoms with van der Waals surface area (Å²) in [7, 11) is 4.00. The molecule has 3 saturated carbocycles. The summed E-state index contributed by atoms with van der Waals surface area (Å²) in [4.78, 5) is 25.8. The van der Waals surface area contributed by atoms with E-state index in [0.717, 1.165) is 38.6 Å². The number of nitrogens with one attached hydrogen (secondary N) is 1. The normalized spacial score (nSPS) is 35.5. The fourth-order valence-corrected chi connectivity index (χ4v) is 9.23. The molecule has 1 saturated heterocycles. The van der Waals surface area contributed by atoms with Crippen LogP contribution in [-0.2, 0) is 21.4 Å². The van der Waals surface area contributed by atoms with Crippen LogP contribution < -0.4 is 10.1 Å². The lowest BCUT2D eigenvalue weighted by Gasteiger charge is -2.73. The molecule has 0 aromatic heterocycles. The molecule has 4 fully saturated rings. The van der Waals surface area contributed by atoms with Gasteiger partial charge in [0.25, 0.3) is 5.69 Å². The summed E-state index contributed by atoms with van der Waals surface area (Å²) in [5.41, 5.74) is 2.45. The number of hydrogen-bond donors (Lipinski definition) is 2. The number of methoxy groups -OCH3 is 1. The van der Waals surface area contributed by atoms with Crippen LogP contribution in [0.4, 0.5) is 5.69 Å². The predicted octanol–water partition coefficient (Wildman–Crippen LogP) is 3.57. The molecule has 204 valence electrons. The van der Waals surface area contributed by atoms with Crippen LogP contribution in [0.3, 0.4) is 0 Å². The molecule has 9 heteroatoms. The Morgan fingerprint density at radius 2 is 2.05 bits per heavy atom. The molecule has 2 aromatic carbocycles. The number of benzene rings is 2. The number of carbonyl (C=O) groups is 1. The molecule has 6 atom stereocenters. The molecular formula is C30H33N3O6. The van der Waals surface area contributed by atoms with E-state index in [1.54, 1.807) is 31.4 Å². The molecule has 2 spiro atoms. The number of amides is 1. The maximum Gasteiger partial charge on any atom is 0.269 e. The van der Waals surface area contributed by atoms with E-state index in [1.807, 2.05) is 0 Å². The van der Waals surface area contributed by atoms with Crippen molar-refractivity contribution in [3.05, 3.63) is 69.3 Å². The average molecular weight is 532 g/mol. The van der Waals surface area contributed by atoms with Crippen molar-refractivity contribution in [2.45, 2.75) is 55.3 Å². The molecule has 4 bridgehead atoms. The minimum absolute atomic E-state index is 0.0129. The average Bonchev–Trinajstić information content (AvgIpc) is 3.31. The Balaban J connectivity index is 1.19. The maximum atomic E-state index is 12.9. The van der Waals surface area contributed by atoms with Gasteiger partial charge in [0.05, 0.1) is 4.92 Å².